The molecule has 0 amide bonds. The zero-order valence-electron chi connectivity index (χ0n) is 8.69. The van der Waals surface area contributed by atoms with Gasteiger partial charge in [-0.05, 0) is 52.9 Å². The van der Waals surface area contributed by atoms with Crippen molar-refractivity contribution in [2.75, 3.05) is 0 Å². The van der Waals surface area contributed by atoms with Gasteiger partial charge in [0, 0.05) is 5.56 Å². The first kappa shape index (κ1) is 12.4. The number of benzene rings is 2. The van der Waals surface area contributed by atoms with E-state index in [1.807, 2.05) is 24.3 Å². The van der Waals surface area contributed by atoms with Crippen molar-refractivity contribution in [2.45, 2.75) is 0 Å². The summed E-state index contributed by atoms with van der Waals surface area (Å²) in [7, 11) is 0. The van der Waals surface area contributed by atoms with E-state index in [9.17, 15) is 4.79 Å². The predicted molar refractivity (Wildman–Crippen MR) is 76.1 cm³/mol. The smallest absolute Gasteiger partial charge is 0.150 e. The van der Waals surface area contributed by atoms with Crippen LogP contribution in [0.4, 0.5) is 0 Å². The molecule has 2 rings (SSSR count). The molecular weight excluding hydrogens is 350 g/mol. The molecule has 86 valence electrons. The molecular formula is C13H8ClIO2. The van der Waals surface area contributed by atoms with Gasteiger partial charge in [-0.1, -0.05) is 23.7 Å². The van der Waals surface area contributed by atoms with Crippen LogP contribution in [-0.4, -0.2) is 6.29 Å². The quantitative estimate of drug-likeness (QED) is 0.594. The molecule has 0 aliphatic carbocycles. The number of carbonyl (C=O) groups is 1. The van der Waals surface area contributed by atoms with Crippen LogP contribution < -0.4 is 4.74 Å². The van der Waals surface area contributed by atoms with Crippen LogP contribution in [0, 0.1) is 3.57 Å². The van der Waals surface area contributed by atoms with Crippen LogP contribution in [0.5, 0.6) is 11.5 Å². The number of rotatable bonds is 3. The van der Waals surface area contributed by atoms with Gasteiger partial charge in [-0.3, -0.25) is 4.79 Å². The first-order valence-electron chi connectivity index (χ1n) is 4.88. The molecule has 0 spiro atoms. The van der Waals surface area contributed by atoms with Gasteiger partial charge in [0.25, 0.3) is 0 Å². The van der Waals surface area contributed by atoms with Gasteiger partial charge < -0.3 is 4.74 Å². The molecule has 0 bridgehead atoms. The number of hydrogen-bond donors (Lipinski definition) is 0. The van der Waals surface area contributed by atoms with E-state index in [2.05, 4.69) is 22.6 Å². The Bertz CT molecular complexity index is 555. The Hall–Kier alpha value is -1.07. The summed E-state index contributed by atoms with van der Waals surface area (Å²) in [5.41, 5.74) is 0.533. The lowest BCUT2D eigenvalue weighted by Crippen LogP contribution is -1.89. The molecule has 0 heterocycles. The van der Waals surface area contributed by atoms with E-state index < -0.39 is 0 Å². The lowest BCUT2D eigenvalue weighted by atomic mass is 10.2. The number of carbonyl (C=O) groups excluding carboxylic acids is 1. The molecule has 17 heavy (non-hydrogen) atoms. The standard InChI is InChI=1S/C13H8ClIO2/c14-10-7-9(8-16)5-6-12(10)17-13-4-2-1-3-11(13)15/h1-8H. The highest BCUT2D eigenvalue weighted by Crippen LogP contribution is 2.32. The summed E-state index contributed by atoms with van der Waals surface area (Å²) in [6.45, 7) is 0. The molecule has 0 aliphatic rings. The third-order valence-electron chi connectivity index (χ3n) is 2.15. The Morgan fingerprint density at radius 3 is 2.53 bits per heavy atom. The molecule has 0 radical (unpaired) electrons. The SMILES string of the molecule is O=Cc1ccc(Oc2ccccc2I)c(Cl)c1. The van der Waals surface area contributed by atoms with Gasteiger partial charge in [-0.2, -0.15) is 0 Å². The fraction of sp³-hybridized carbons (Fsp3) is 0. The Morgan fingerprint density at radius 2 is 1.88 bits per heavy atom. The second-order valence-electron chi connectivity index (χ2n) is 3.34. The minimum atomic E-state index is 0.425. The van der Waals surface area contributed by atoms with E-state index in [1.165, 1.54) is 0 Å². The van der Waals surface area contributed by atoms with Crippen LogP contribution in [0.1, 0.15) is 10.4 Å². The van der Waals surface area contributed by atoms with Crippen LogP contribution in [0.15, 0.2) is 42.5 Å². The van der Waals surface area contributed by atoms with Crippen molar-refractivity contribution < 1.29 is 9.53 Å². The monoisotopic (exact) mass is 358 g/mol. The minimum Gasteiger partial charge on any atom is -0.455 e. The fourth-order valence-electron chi connectivity index (χ4n) is 1.32. The molecule has 2 aromatic rings. The van der Waals surface area contributed by atoms with Gasteiger partial charge in [0.2, 0.25) is 0 Å². The molecule has 0 aromatic heterocycles. The highest BCUT2D eigenvalue weighted by Gasteiger charge is 2.06. The summed E-state index contributed by atoms with van der Waals surface area (Å²) >= 11 is 8.21. The Kier molecular flexibility index (Phi) is 4.02. The van der Waals surface area contributed by atoms with Gasteiger partial charge in [-0.25, -0.2) is 0 Å². The number of halogens is 2. The van der Waals surface area contributed by atoms with Crippen LogP contribution in [0.25, 0.3) is 0 Å². The summed E-state index contributed by atoms with van der Waals surface area (Å²) < 4.78 is 6.68. The summed E-state index contributed by atoms with van der Waals surface area (Å²) in [5, 5.41) is 0.425. The van der Waals surface area contributed by atoms with E-state index >= 15 is 0 Å². The van der Waals surface area contributed by atoms with Crippen molar-refractivity contribution >= 4 is 40.5 Å². The van der Waals surface area contributed by atoms with E-state index in [0.717, 1.165) is 15.6 Å². The highest BCUT2D eigenvalue weighted by atomic mass is 127. The molecule has 0 unspecified atom stereocenters. The fourth-order valence-corrected chi connectivity index (χ4v) is 2.04. The first-order chi connectivity index (χ1) is 8.20. The molecule has 0 saturated heterocycles. The van der Waals surface area contributed by atoms with Crippen molar-refractivity contribution in [3.05, 3.63) is 56.6 Å². The van der Waals surface area contributed by atoms with Crippen molar-refractivity contribution in [2.24, 2.45) is 0 Å². The largest absolute Gasteiger partial charge is 0.455 e. The minimum absolute atomic E-state index is 0.425. The Morgan fingerprint density at radius 1 is 1.12 bits per heavy atom. The maximum atomic E-state index is 10.6. The molecule has 0 atom stereocenters. The van der Waals surface area contributed by atoms with Gasteiger partial charge in [0.15, 0.2) is 0 Å². The zero-order chi connectivity index (χ0) is 12.3. The number of para-hydroxylation sites is 1. The summed E-state index contributed by atoms with van der Waals surface area (Å²) in [5.74, 6) is 1.29. The molecule has 0 saturated carbocycles. The summed E-state index contributed by atoms with van der Waals surface area (Å²) in [6.07, 6.45) is 0.752. The van der Waals surface area contributed by atoms with Gasteiger partial charge in [-0.15, -0.1) is 0 Å². The van der Waals surface area contributed by atoms with E-state index in [4.69, 9.17) is 16.3 Å². The van der Waals surface area contributed by atoms with Crippen LogP contribution in [0.2, 0.25) is 5.02 Å². The predicted octanol–water partition coefficient (Wildman–Crippen LogP) is 4.55. The Balaban J connectivity index is 2.31. The van der Waals surface area contributed by atoms with Gasteiger partial charge in [0.1, 0.15) is 17.8 Å². The van der Waals surface area contributed by atoms with E-state index in [0.29, 0.717) is 16.3 Å². The summed E-state index contributed by atoms with van der Waals surface area (Å²) in [6, 6.07) is 12.6. The van der Waals surface area contributed by atoms with Crippen molar-refractivity contribution in [3.8, 4) is 11.5 Å². The average molecular weight is 359 g/mol. The molecule has 2 nitrogen and oxygen atoms in total. The molecule has 0 aliphatic heterocycles. The van der Waals surface area contributed by atoms with Crippen molar-refractivity contribution in [3.63, 3.8) is 0 Å². The number of ether oxygens (including phenoxy) is 1. The maximum Gasteiger partial charge on any atom is 0.150 e. The molecule has 4 heteroatoms. The second kappa shape index (κ2) is 5.51. The lowest BCUT2D eigenvalue weighted by Gasteiger charge is -2.09. The number of hydrogen-bond acceptors (Lipinski definition) is 2. The summed E-state index contributed by atoms with van der Waals surface area (Å²) in [4.78, 5) is 10.6. The van der Waals surface area contributed by atoms with Crippen molar-refractivity contribution in [1.82, 2.24) is 0 Å². The van der Waals surface area contributed by atoms with Crippen LogP contribution >= 0.6 is 34.2 Å². The molecule has 2 aromatic carbocycles. The number of aldehydes is 1. The highest BCUT2D eigenvalue weighted by molar-refractivity contribution is 14.1. The maximum absolute atomic E-state index is 10.6. The van der Waals surface area contributed by atoms with Crippen LogP contribution in [-0.2, 0) is 0 Å². The van der Waals surface area contributed by atoms with Crippen molar-refractivity contribution in [1.29, 1.82) is 0 Å². The van der Waals surface area contributed by atoms with Gasteiger partial charge >= 0.3 is 0 Å². The topological polar surface area (TPSA) is 26.3 Å². The van der Waals surface area contributed by atoms with Crippen LogP contribution in [0.3, 0.4) is 0 Å². The lowest BCUT2D eigenvalue weighted by molar-refractivity contribution is 0.112. The van der Waals surface area contributed by atoms with E-state index in [-0.39, 0.29) is 0 Å². The average Bonchev–Trinajstić information content (AvgIpc) is 2.34. The molecule has 0 N–H and O–H groups in total. The molecule has 0 fully saturated rings. The normalized spacial score (nSPS) is 10.0. The first-order valence-corrected chi connectivity index (χ1v) is 6.33. The Labute approximate surface area is 118 Å². The van der Waals surface area contributed by atoms with E-state index in [1.54, 1.807) is 18.2 Å². The third-order valence-corrected chi connectivity index (χ3v) is 3.34. The zero-order valence-corrected chi connectivity index (χ0v) is 11.6. The van der Waals surface area contributed by atoms with Gasteiger partial charge in [0.05, 0.1) is 8.59 Å². The second-order valence-corrected chi connectivity index (χ2v) is 4.91. The third kappa shape index (κ3) is 2.98.